The van der Waals surface area contributed by atoms with Crippen LogP contribution in [0, 0.1) is 0 Å². The van der Waals surface area contributed by atoms with Crippen LogP contribution in [0.3, 0.4) is 0 Å². The van der Waals surface area contributed by atoms with Gasteiger partial charge in [-0.15, -0.1) is 0 Å². The summed E-state index contributed by atoms with van der Waals surface area (Å²) in [5.41, 5.74) is 1.23. The lowest BCUT2D eigenvalue weighted by Gasteiger charge is -2.18. The number of nitrogens with zero attached hydrogens (tertiary/aromatic N) is 2. The van der Waals surface area contributed by atoms with Crippen molar-refractivity contribution >= 4 is 5.91 Å². The van der Waals surface area contributed by atoms with Gasteiger partial charge in [0.15, 0.2) is 11.5 Å². The maximum atomic E-state index is 12.2. The molecule has 0 aliphatic heterocycles. The highest BCUT2D eigenvalue weighted by Gasteiger charge is 2.15. The van der Waals surface area contributed by atoms with Gasteiger partial charge in [0.25, 0.3) is 5.91 Å². The van der Waals surface area contributed by atoms with Crippen molar-refractivity contribution in [2.45, 2.75) is 39.7 Å². The number of amides is 1. The Morgan fingerprint density at radius 2 is 1.84 bits per heavy atom. The molecule has 0 saturated heterocycles. The number of ether oxygens (including phenoxy) is 2. The van der Waals surface area contributed by atoms with Gasteiger partial charge in [-0.3, -0.25) is 9.78 Å². The first-order valence-electron chi connectivity index (χ1n) is 8.62. The Bertz CT molecular complexity index is 677. The predicted octanol–water partition coefficient (Wildman–Crippen LogP) is 3.55. The third-order valence-corrected chi connectivity index (χ3v) is 3.53. The molecule has 0 bridgehead atoms. The van der Waals surface area contributed by atoms with E-state index in [1.54, 1.807) is 0 Å². The van der Waals surface area contributed by atoms with Gasteiger partial charge in [0.05, 0.1) is 25.5 Å². The average molecular weight is 343 g/mol. The zero-order valence-corrected chi connectivity index (χ0v) is 15.0. The van der Waals surface area contributed by atoms with Gasteiger partial charge < -0.3 is 14.8 Å². The van der Waals surface area contributed by atoms with E-state index in [0.717, 1.165) is 24.2 Å². The fourth-order valence-electron chi connectivity index (χ4n) is 2.22. The van der Waals surface area contributed by atoms with Crippen LogP contribution < -0.4 is 14.8 Å². The second-order valence-electron chi connectivity index (χ2n) is 5.69. The number of benzene rings is 1. The molecule has 0 fully saturated rings. The van der Waals surface area contributed by atoms with Gasteiger partial charge in [0.1, 0.15) is 5.69 Å². The smallest absolute Gasteiger partial charge is 0.271 e. The van der Waals surface area contributed by atoms with Crippen molar-refractivity contribution < 1.29 is 14.3 Å². The summed E-state index contributed by atoms with van der Waals surface area (Å²) in [7, 11) is 0. The molecule has 0 aliphatic rings. The summed E-state index contributed by atoms with van der Waals surface area (Å²) >= 11 is 0. The second-order valence-corrected chi connectivity index (χ2v) is 5.69. The van der Waals surface area contributed by atoms with E-state index in [0.29, 0.717) is 24.7 Å². The summed E-state index contributed by atoms with van der Waals surface area (Å²) in [6.45, 7) is 7.29. The molecular weight excluding hydrogens is 318 g/mol. The normalized spacial score (nSPS) is 11.6. The third-order valence-electron chi connectivity index (χ3n) is 3.53. The van der Waals surface area contributed by atoms with Crippen molar-refractivity contribution in [3.8, 4) is 11.5 Å². The highest BCUT2D eigenvalue weighted by atomic mass is 16.5. The maximum absolute atomic E-state index is 12.2. The number of carbonyl (C=O) groups excluding carboxylic acids is 1. The van der Waals surface area contributed by atoms with Gasteiger partial charge in [-0.1, -0.05) is 19.9 Å². The van der Waals surface area contributed by atoms with E-state index >= 15 is 0 Å². The van der Waals surface area contributed by atoms with Crippen LogP contribution in [0.25, 0.3) is 0 Å². The molecule has 0 saturated carbocycles. The Hall–Kier alpha value is -2.63. The monoisotopic (exact) mass is 343 g/mol. The fraction of sp³-hybridized carbons (Fsp3) is 0.421. The predicted molar refractivity (Wildman–Crippen MR) is 95.9 cm³/mol. The Morgan fingerprint density at radius 3 is 2.48 bits per heavy atom. The second kappa shape index (κ2) is 9.61. The van der Waals surface area contributed by atoms with Gasteiger partial charge in [0, 0.05) is 12.4 Å². The molecule has 134 valence electrons. The lowest BCUT2D eigenvalue weighted by Crippen LogP contribution is -2.27. The largest absolute Gasteiger partial charge is 0.490 e. The molecule has 1 amide bonds. The van der Waals surface area contributed by atoms with Crippen LogP contribution in [0.4, 0.5) is 0 Å². The Labute approximate surface area is 148 Å². The summed E-state index contributed by atoms with van der Waals surface area (Å²) in [6, 6.07) is 5.55. The van der Waals surface area contributed by atoms with Crippen LogP contribution in [0.1, 0.15) is 55.7 Å². The van der Waals surface area contributed by atoms with Gasteiger partial charge >= 0.3 is 0 Å². The standard InChI is InChI=1S/C19H25N3O3/c1-4-10-24-17-7-6-15(12-18(17)25-11-5-2)14(3)22-19(23)16-13-20-8-9-21-16/h6-9,12-14H,4-5,10-11H2,1-3H3,(H,22,23). The van der Waals surface area contributed by atoms with E-state index in [1.807, 2.05) is 25.1 Å². The first-order chi connectivity index (χ1) is 12.2. The van der Waals surface area contributed by atoms with Crippen LogP contribution in [0.15, 0.2) is 36.8 Å². The van der Waals surface area contributed by atoms with E-state index in [2.05, 4.69) is 29.1 Å². The SMILES string of the molecule is CCCOc1ccc(C(C)NC(=O)c2cnccn2)cc1OCCC. The first kappa shape index (κ1) is 18.7. The molecule has 6 heteroatoms. The van der Waals surface area contributed by atoms with Crippen LogP contribution >= 0.6 is 0 Å². The number of hydrogen-bond donors (Lipinski definition) is 1. The lowest BCUT2D eigenvalue weighted by atomic mass is 10.1. The Morgan fingerprint density at radius 1 is 1.12 bits per heavy atom. The van der Waals surface area contributed by atoms with Crippen molar-refractivity contribution in [1.29, 1.82) is 0 Å². The number of carbonyl (C=O) groups is 1. The molecule has 25 heavy (non-hydrogen) atoms. The van der Waals surface area contributed by atoms with Crippen molar-refractivity contribution in [2.24, 2.45) is 0 Å². The fourth-order valence-corrected chi connectivity index (χ4v) is 2.22. The number of rotatable bonds is 9. The molecule has 2 rings (SSSR count). The molecule has 1 heterocycles. The molecule has 0 spiro atoms. The molecular formula is C19H25N3O3. The molecule has 2 aromatic rings. The van der Waals surface area contributed by atoms with Gasteiger partial charge in [-0.2, -0.15) is 0 Å². The molecule has 0 radical (unpaired) electrons. The Kier molecular flexibility index (Phi) is 7.19. The van der Waals surface area contributed by atoms with Crippen molar-refractivity contribution in [2.75, 3.05) is 13.2 Å². The number of nitrogens with one attached hydrogen (secondary N) is 1. The highest BCUT2D eigenvalue weighted by molar-refractivity contribution is 5.92. The molecule has 1 aromatic heterocycles. The minimum Gasteiger partial charge on any atom is -0.490 e. The molecule has 0 aliphatic carbocycles. The molecule has 6 nitrogen and oxygen atoms in total. The third kappa shape index (κ3) is 5.45. The highest BCUT2D eigenvalue weighted by Crippen LogP contribution is 2.31. The molecule has 1 unspecified atom stereocenters. The van der Waals surface area contributed by atoms with Crippen molar-refractivity contribution in [3.05, 3.63) is 48.0 Å². The van der Waals surface area contributed by atoms with Gasteiger partial charge in [-0.05, 0) is 37.5 Å². The van der Waals surface area contributed by atoms with Crippen LogP contribution in [-0.4, -0.2) is 29.1 Å². The molecule has 1 aromatic carbocycles. The zero-order chi connectivity index (χ0) is 18.1. The summed E-state index contributed by atoms with van der Waals surface area (Å²) in [6.07, 6.45) is 6.32. The van der Waals surface area contributed by atoms with Crippen LogP contribution in [-0.2, 0) is 0 Å². The van der Waals surface area contributed by atoms with E-state index in [4.69, 9.17) is 9.47 Å². The summed E-state index contributed by atoms with van der Waals surface area (Å²) in [5.74, 6) is 1.17. The zero-order valence-electron chi connectivity index (χ0n) is 15.0. The van der Waals surface area contributed by atoms with E-state index in [-0.39, 0.29) is 11.9 Å². The maximum Gasteiger partial charge on any atom is 0.271 e. The molecule has 1 atom stereocenters. The first-order valence-corrected chi connectivity index (χ1v) is 8.62. The van der Waals surface area contributed by atoms with Crippen LogP contribution in [0.2, 0.25) is 0 Å². The van der Waals surface area contributed by atoms with E-state index in [9.17, 15) is 4.79 Å². The lowest BCUT2D eigenvalue weighted by molar-refractivity contribution is 0.0934. The van der Waals surface area contributed by atoms with Gasteiger partial charge in [-0.25, -0.2) is 4.98 Å². The topological polar surface area (TPSA) is 73.3 Å². The number of aromatic nitrogens is 2. The quantitative estimate of drug-likeness (QED) is 0.754. The number of hydrogen-bond acceptors (Lipinski definition) is 5. The van der Waals surface area contributed by atoms with E-state index < -0.39 is 0 Å². The minimum atomic E-state index is -0.261. The summed E-state index contributed by atoms with van der Waals surface area (Å²) in [4.78, 5) is 20.2. The van der Waals surface area contributed by atoms with Crippen LogP contribution in [0.5, 0.6) is 11.5 Å². The van der Waals surface area contributed by atoms with E-state index in [1.165, 1.54) is 18.6 Å². The summed E-state index contributed by atoms with van der Waals surface area (Å²) in [5, 5.41) is 2.92. The average Bonchev–Trinajstić information content (AvgIpc) is 2.65. The van der Waals surface area contributed by atoms with Gasteiger partial charge in [0.2, 0.25) is 0 Å². The van der Waals surface area contributed by atoms with Crippen molar-refractivity contribution in [1.82, 2.24) is 15.3 Å². The Balaban J connectivity index is 2.12. The van der Waals surface area contributed by atoms with Crippen molar-refractivity contribution in [3.63, 3.8) is 0 Å². The molecule has 1 N–H and O–H groups in total. The summed E-state index contributed by atoms with van der Waals surface area (Å²) < 4.78 is 11.5. The minimum absolute atomic E-state index is 0.196.